The Balaban J connectivity index is 1.47. The van der Waals surface area contributed by atoms with Crippen LogP contribution in [0.4, 0.5) is 0 Å². The van der Waals surface area contributed by atoms with Crippen molar-refractivity contribution in [1.82, 2.24) is 20.3 Å². The molecular weight excluding hydrogens is 384 g/mol. The van der Waals surface area contributed by atoms with Crippen LogP contribution in [0.3, 0.4) is 0 Å². The van der Waals surface area contributed by atoms with E-state index in [-0.39, 0.29) is 41.8 Å². The fourth-order valence-electron chi connectivity index (χ4n) is 5.38. The molecular formula is C22H34N4O4. The van der Waals surface area contributed by atoms with E-state index in [1.807, 2.05) is 31.7 Å². The van der Waals surface area contributed by atoms with Gasteiger partial charge in [0.2, 0.25) is 11.8 Å². The topological polar surface area (TPSA) is 87.9 Å². The summed E-state index contributed by atoms with van der Waals surface area (Å²) in [5.74, 6) is 1.43. The number of hydrogen-bond acceptors (Lipinski definition) is 6. The van der Waals surface area contributed by atoms with Gasteiger partial charge in [-0.25, -0.2) is 0 Å². The van der Waals surface area contributed by atoms with E-state index in [9.17, 15) is 9.59 Å². The maximum absolute atomic E-state index is 12.9. The lowest BCUT2D eigenvalue weighted by molar-refractivity contribution is -0.131. The van der Waals surface area contributed by atoms with Gasteiger partial charge in [0, 0.05) is 56.7 Å². The van der Waals surface area contributed by atoms with Gasteiger partial charge >= 0.3 is 0 Å². The van der Waals surface area contributed by atoms with Crippen molar-refractivity contribution in [3.63, 3.8) is 0 Å². The Bertz CT molecular complexity index is 758. The number of nitrogens with one attached hydrogen (secondary N) is 1. The molecule has 4 rings (SSSR count). The first-order chi connectivity index (χ1) is 14.4. The molecule has 0 spiro atoms. The number of nitrogens with zero attached hydrogens (tertiary/aromatic N) is 3. The summed E-state index contributed by atoms with van der Waals surface area (Å²) >= 11 is 0. The zero-order valence-electron chi connectivity index (χ0n) is 18.3. The fourth-order valence-corrected chi connectivity index (χ4v) is 5.38. The number of carbonyl (C=O) groups excluding carboxylic acids is 2. The molecule has 3 aliphatic rings. The number of aromatic nitrogens is 1. The third kappa shape index (κ3) is 4.70. The van der Waals surface area contributed by atoms with Crippen LogP contribution >= 0.6 is 0 Å². The fraction of sp³-hybridized carbons (Fsp3) is 0.773. The maximum Gasteiger partial charge on any atom is 0.222 e. The van der Waals surface area contributed by atoms with Crippen molar-refractivity contribution in [3.05, 3.63) is 17.5 Å². The Morgan fingerprint density at radius 2 is 2.03 bits per heavy atom. The molecule has 166 valence electrons. The quantitative estimate of drug-likeness (QED) is 0.726. The molecule has 0 radical (unpaired) electrons. The van der Waals surface area contributed by atoms with Crippen molar-refractivity contribution in [2.75, 3.05) is 26.2 Å². The number of ether oxygens (including phenoxy) is 1. The van der Waals surface area contributed by atoms with Gasteiger partial charge in [-0.1, -0.05) is 5.16 Å². The van der Waals surface area contributed by atoms with Gasteiger partial charge in [-0.15, -0.1) is 0 Å². The van der Waals surface area contributed by atoms with E-state index >= 15 is 0 Å². The summed E-state index contributed by atoms with van der Waals surface area (Å²) in [7, 11) is 0. The first kappa shape index (κ1) is 21.3. The summed E-state index contributed by atoms with van der Waals surface area (Å²) in [4.78, 5) is 29.7. The predicted molar refractivity (Wildman–Crippen MR) is 110 cm³/mol. The van der Waals surface area contributed by atoms with Crippen molar-refractivity contribution in [2.45, 2.75) is 71.2 Å². The molecule has 0 unspecified atom stereocenters. The van der Waals surface area contributed by atoms with Gasteiger partial charge in [0.05, 0.1) is 24.8 Å². The molecule has 1 aromatic heterocycles. The highest BCUT2D eigenvalue weighted by molar-refractivity contribution is 5.77. The number of carbonyl (C=O) groups is 2. The number of rotatable bonds is 7. The number of hydrogen-bond donors (Lipinski definition) is 1. The van der Waals surface area contributed by atoms with E-state index in [4.69, 9.17) is 9.26 Å². The summed E-state index contributed by atoms with van der Waals surface area (Å²) in [6.07, 6.45) is 2.93. The second-order valence-corrected chi connectivity index (χ2v) is 9.35. The largest absolute Gasteiger partial charge is 0.376 e. The molecule has 8 nitrogen and oxygen atoms in total. The highest BCUT2D eigenvalue weighted by Crippen LogP contribution is 2.42. The van der Waals surface area contributed by atoms with Crippen LogP contribution < -0.4 is 5.32 Å². The van der Waals surface area contributed by atoms with Crippen LogP contribution in [0.25, 0.3) is 0 Å². The van der Waals surface area contributed by atoms with Crippen LogP contribution in [0.15, 0.2) is 10.6 Å². The minimum Gasteiger partial charge on any atom is -0.376 e. The van der Waals surface area contributed by atoms with Crippen LogP contribution in [-0.4, -0.2) is 71.2 Å². The Morgan fingerprint density at radius 3 is 2.70 bits per heavy atom. The lowest BCUT2D eigenvalue weighted by Crippen LogP contribution is -2.37. The molecule has 3 saturated heterocycles. The Hall–Kier alpha value is -1.93. The second-order valence-electron chi connectivity index (χ2n) is 9.35. The monoisotopic (exact) mass is 418 g/mol. The predicted octanol–water partition coefficient (Wildman–Crippen LogP) is 1.73. The smallest absolute Gasteiger partial charge is 0.222 e. The van der Waals surface area contributed by atoms with Gasteiger partial charge in [0.15, 0.2) is 0 Å². The average molecular weight is 419 g/mol. The van der Waals surface area contributed by atoms with Crippen LogP contribution in [0, 0.1) is 18.8 Å². The number of aryl methyl sites for hydroxylation is 1. The highest BCUT2D eigenvalue weighted by Gasteiger charge is 2.51. The zero-order valence-corrected chi connectivity index (χ0v) is 18.3. The van der Waals surface area contributed by atoms with Crippen molar-refractivity contribution >= 4 is 11.8 Å². The molecule has 0 aliphatic carbocycles. The third-order valence-electron chi connectivity index (χ3n) is 6.61. The van der Waals surface area contributed by atoms with E-state index < -0.39 is 0 Å². The lowest BCUT2D eigenvalue weighted by atomic mass is 9.84. The van der Waals surface area contributed by atoms with E-state index in [1.54, 1.807) is 0 Å². The molecule has 3 aliphatic heterocycles. The summed E-state index contributed by atoms with van der Waals surface area (Å²) in [5.41, 5.74) is 0.902. The lowest BCUT2D eigenvalue weighted by Gasteiger charge is -2.25. The van der Waals surface area contributed by atoms with Gasteiger partial charge in [-0.05, 0) is 39.5 Å². The van der Waals surface area contributed by atoms with Crippen molar-refractivity contribution in [2.24, 2.45) is 11.8 Å². The Morgan fingerprint density at radius 1 is 1.27 bits per heavy atom. The molecule has 3 fully saturated rings. The zero-order chi connectivity index (χ0) is 21.3. The van der Waals surface area contributed by atoms with E-state index in [2.05, 4.69) is 15.4 Å². The van der Waals surface area contributed by atoms with Crippen molar-refractivity contribution < 1.29 is 18.8 Å². The minimum atomic E-state index is -0.144. The van der Waals surface area contributed by atoms with E-state index in [0.29, 0.717) is 26.0 Å². The summed E-state index contributed by atoms with van der Waals surface area (Å²) in [5, 5.41) is 7.12. The average Bonchev–Trinajstić information content (AvgIpc) is 3.43. The minimum absolute atomic E-state index is 0.0193. The number of amides is 2. The van der Waals surface area contributed by atoms with Crippen LogP contribution in [0.2, 0.25) is 0 Å². The first-order valence-electron chi connectivity index (χ1n) is 11.3. The summed E-state index contributed by atoms with van der Waals surface area (Å²) < 4.78 is 11.3. The van der Waals surface area contributed by atoms with Crippen LogP contribution in [0.1, 0.15) is 51.0 Å². The van der Waals surface area contributed by atoms with Crippen molar-refractivity contribution in [1.29, 1.82) is 0 Å². The molecule has 4 heterocycles. The van der Waals surface area contributed by atoms with Crippen LogP contribution in [-0.2, 0) is 20.9 Å². The van der Waals surface area contributed by atoms with Gasteiger partial charge in [0.1, 0.15) is 5.76 Å². The van der Waals surface area contributed by atoms with Gasteiger partial charge < -0.3 is 19.5 Å². The summed E-state index contributed by atoms with van der Waals surface area (Å²) in [6.45, 7) is 9.67. The molecule has 1 N–H and O–H groups in total. The molecule has 0 aromatic carbocycles. The van der Waals surface area contributed by atoms with E-state index in [1.165, 1.54) is 0 Å². The molecule has 0 bridgehead atoms. The first-order valence-corrected chi connectivity index (χ1v) is 11.3. The molecule has 2 amide bonds. The highest BCUT2D eigenvalue weighted by atomic mass is 16.5. The van der Waals surface area contributed by atoms with Crippen molar-refractivity contribution in [3.8, 4) is 0 Å². The number of fused-ring (bicyclic) bond motifs is 1. The van der Waals surface area contributed by atoms with Gasteiger partial charge in [-0.3, -0.25) is 14.5 Å². The molecule has 30 heavy (non-hydrogen) atoms. The number of likely N-dealkylation sites (tertiary alicyclic amines) is 2. The SMILES string of the molecule is Cc1cc(CN2C[C@@H](CC(=O)N3CCCC3)[C@H]3[C@H](CC(=O)NC(C)C)OC[C@H]32)no1. The molecule has 1 aromatic rings. The Kier molecular flexibility index (Phi) is 6.43. The second kappa shape index (κ2) is 9.06. The normalized spacial score (nSPS) is 29.0. The molecule has 0 saturated carbocycles. The molecule has 4 atom stereocenters. The summed E-state index contributed by atoms with van der Waals surface area (Å²) in [6, 6.07) is 2.27. The van der Waals surface area contributed by atoms with Gasteiger partial charge in [-0.2, -0.15) is 0 Å². The van der Waals surface area contributed by atoms with E-state index in [0.717, 1.165) is 43.9 Å². The molecule has 8 heteroatoms. The maximum atomic E-state index is 12.9. The third-order valence-corrected chi connectivity index (χ3v) is 6.61. The Labute approximate surface area is 178 Å². The van der Waals surface area contributed by atoms with Gasteiger partial charge in [0.25, 0.3) is 0 Å². The van der Waals surface area contributed by atoms with Crippen LogP contribution in [0.5, 0.6) is 0 Å². The standard InChI is InChI=1S/C22H34N4O4/c1-14(2)23-20(27)10-19-22-16(9-21(28)25-6-4-5-7-25)11-26(18(22)13-29-19)12-17-8-15(3)30-24-17/h8,14,16,18-19,22H,4-7,9-13H2,1-3H3,(H,23,27)/t16-,18-,19+,22-/m1/s1.